The zero-order chi connectivity index (χ0) is 16.9. The molecular weight excluding hydrogens is 360 g/mol. The predicted octanol–water partition coefficient (Wildman–Crippen LogP) is 5.58. The van der Waals surface area contributed by atoms with E-state index in [4.69, 9.17) is 11.6 Å². The molecule has 3 rings (SSSR count). The molecule has 1 amide bonds. The van der Waals surface area contributed by atoms with Crippen LogP contribution >= 0.6 is 34.7 Å². The lowest BCUT2D eigenvalue weighted by atomic mass is 10.2. The average Bonchev–Trinajstić information content (AvgIpc) is 3.12. The molecule has 1 aromatic heterocycles. The van der Waals surface area contributed by atoms with Crippen LogP contribution in [0.3, 0.4) is 0 Å². The fraction of sp³-hybridized carbons (Fsp3) is 0.111. The molecule has 0 aliphatic rings. The number of thiazole rings is 1. The Morgan fingerprint density at radius 2 is 1.88 bits per heavy atom. The van der Waals surface area contributed by atoms with Gasteiger partial charge >= 0.3 is 0 Å². The van der Waals surface area contributed by atoms with E-state index in [1.165, 1.54) is 11.8 Å². The van der Waals surface area contributed by atoms with Crippen molar-refractivity contribution in [1.82, 2.24) is 4.98 Å². The third kappa shape index (κ3) is 4.38. The Morgan fingerprint density at radius 3 is 2.50 bits per heavy atom. The summed E-state index contributed by atoms with van der Waals surface area (Å²) in [5, 5.41) is 6.35. The number of halogens is 1. The number of anilines is 1. The minimum Gasteiger partial charge on any atom is -0.325 e. The van der Waals surface area contributed by atoms with Gasteiger partial charge in [-0.1, -0.05) is 11.6 Å². The van der Waals surface area contributed by atoms with Gasteiger partial charge in [-0.05, 0) is 55.5 Å². The van der Waals surface area contributed by atoms with E-state index < -0.39 is 0 Å². The molecule has 1 unspecified atom stereocenters. The number of hydrogen-bond acceptors (Lipinski definition) is 4. The minimum atomic E-state index is -0.204. The van der Waals surface area contributed by atoms with E-state index in [-0.39, 0.29) is 11.2 Å². The summed E-state index contributed by atoms with van der Waals surface area (Å²) in [6.07, 6.45) is 1.78. The van der Waals surface area contributed by atoms with Crippen LogP contribution < -0.4 is 5.32 Å². The number of carbonyl (C=O) groups is 1. The zero-order valence-corrected chi connectivity index (χ0v) is 15.3. The predicted molar refractivity (Wildman–Crippen MR) is 103 cm³/mol. The van der Waals surface area contributed by atoms with Crippen LogP contribution in [0.5, 0.6) is 0 Å². The Hall–Kier alpha value is -1.82. The molecule has 0 saturated heterocycles. The molecule has 0 aliphatic heterocycles. The summed E-state index contributed by atoms with van der Waals surface area (Å²) >= 11 is 8.97. The molecule has 1 N–H and O–H groups in total. The van der Waals surface area contributed by atoms with Crippen molar-refractivity contribution in [1.29, 1.82) is 0 Å². The number of nitrogens with zero attached hydrogens (tertiary/aromatic N) is 1. The number of nitrogens with one attached hydrogen (secondary N) is 1. The van der Waals surface area contributed by atoms with Crippen molar-refractivity contribution in [2.24, 2.45) is 0 Å². The van der Waals surface area contributed by atoms with E-state index in [2.05, 4.69) is 10.3 Å². The minimum absolute atomic E-state index is 0.0306. The maximum atomic E-state index is 12.3. The second-order valence-electron chi connectivity index (χ2n) is 5.12. The fourth-order valence-electron chi connectivity index (χ4n) is 2.08. The number of amides is 1. The van der Waals surface area contributed by atoms with Crippen LogP contribution in [0.1, 0.15) is 6.92 Å². The molecule has 0 fully saturated rings. The average molecular weight is 375 g/mol. The topological polar surface area (TPSA) is 42.0 Å². The van der Waals surface area contributed by atoms with Gasteiger partial charge in [-0.3, -0.25) is 4.79 Å². The number of benzene rings is 2. The number of aromatic nitrogens is 1. The maximum Gasteiger partial charge on any atom is 0.237 e. The van der Waals surface area contributed by atoms with Gasteiger partial charge in [0.05, 0.1) is 5.25 Å². The summed E-state index contributed by atoms with van der Waals surface area (Å²) in [5.41, 5.74) is 1.83. The Balaban J connectivity index is 1.60. The Kier molecular flexibility index (Phi) is 5.56. The highest BCUT2D eigenvalue weighted by molar-refractivity contribution is 8.00. The van der Waals surface area contributed by atoms with Crippen LogP contribution in [0.4, 0.5) is 5.69 Å². The van der Waals surface area contributed by atoms with Crippen molar-refractivity contribution in [3.05, 3.63) is 65.1 Å². The summed E-state index contributed by atoms with van der Waals surface area (Å²) in [6.45, 7) is 1.89. The Labute approximate surface area is 154 Å². The first-order valence-corrected chi connectivity index (χ1v) is 9.48. The first-order valence-electron chi connectivity index (χ1n) is 7.35. The molecule has 1 atom stereocenters. The van der Waals surface area contributed by atoms with Crippen molar-refractivity contribution >= 4 is 46.3 Å². The molecule has 0 saturated carbocycles. The van der Waals surface area contributed by atoms with Gasteiger partial charge in [0.15, 0.2) is 0 Å². The van der Waals surface area contributed by atoms with Crippen LogP contribution in [0.15, 0.2) is 65.0 Å². The van der Waals surface area contributed by atoms with Gasteiger partial charge in [-0.25, -0.2) is 4.98 Å². The van der Waals surface area contributed by atoms with E-state index >= 15 is 0 Å². The first-order chi connectivity index (χ1) is 11.6. The highest BCUT2D eigenvalue weighted by atomic mass is 35.5. The van der Waals surface area contributed by atoms with E-state index in [0.717, 1.165) is 21.2 Å². The van der Waals surface area contributed by atoms with Crippen molar-refractivity contribution in [3.63, 3.8) is 0 Å². The third-order valence-corrected chi connectivity index (χ3v) is 5.51. The summed E-state index contributed by atoms with van der Waals surface area (Å²) in [6, 6.07) is 15.2. The molecule has 0 aliphatic carbocycles. The molecule has 0 bridgehead atoms. The second-order valence-corrected chi connectivity index (χ2v) is 7.86. The lowest BCUT2D eigenvalue weighted by Gasteiger charge is -2.12. The van der Waals surface area contributed by atoms with Crippen LogP contribution in [0.2, 0.25) is 5.02 Å². The van der Waals surface area contributed by atoms with Gasteiger partial charge in [0.25, 0.3) is 0 Å². The third-order valence-electron chi connectivity index (χ3n) is 3.33. The Bertz CT molecular complexity index is 802. The van der Waals surface area contributed by atoms with Crippen molar-refractivity contribution in [2.45, 2.75) is 17.1 Å². The van der Waals surface area contributed by atoms with Gasteiger partial charge in [0.1, 0.15) is 5.01 Å². The lowest BCUT2D eigenvalue weighted by Crippen LogP contribution is -2.22. The molecule has 0 radical (unpaired) electrons. The van der Waals surface area contributed by atoms with Crippen LogP contribution in [-0.4, -0.2) is 16.1 Å². The molecule has 122 valence electrons. The number of rotatable bonds is 5. The largest absolute Gasteiger partial charge is 0.325 e. The fourth-order valence-corrected chi connectivity index (χ4v) is 3.71. The SMILES string of the molecule is CC(Sc1ccc(Cl)cc1)C(=O)Nc1ccc(-c2nccs2)cc1. The highest BCUT2D eigenvalue weighted by Gasteiger charge is 2.14. The van der Waals surface area contributed by atoms with Gasteiger partial charge < -0.3 is 5.32 Å². The second kappa shape index (κ2) is 7.83. The van der Waals surface area contributed by atoms with Gasteiger partial charge in [0.2, 0.25) is 5.91 Å². The molecular formula is C18H15ClN2OS2. The number of carbonyl (C=O) groups excluding carboxylic acids is 1. The summed E-state index contributed by atoms with van der Waals surface area (Å²) < 4.78 is 0. The summed E-state index contributed by atoms with van der Waals surface area (Å²) in [5.74, 6) is -0.0306. The van der Waals surface area contributed by atoms with Crippen molar-refractivity contribution in [2.75, 3.05) is 5.32 Å². The van der Waals surface area contributed by atoms with Gasteiger partial charge in [-0.2, -0.15) is 0 Å². The number of thioether (sulfide) groups is 1. The number of hydrogen-bond donors (Lipinski definition) is 1. The zero-order valence-electron chi connectivity index (χ0n) is 12.9. The van der Waals surface area contributed by atoms with E-state index in [1.54, 1.807) is 17.5 Å². The molecule has 24 heavy (non-hydrogen) atoms. The molecule has 0 spiro atoms. The monoisotopic (exact) mass is 374 g/mol. The summed E-state index contributed by atoms with van der Waals surface area (Å²) in [4.78, 5) is 17.6. The normalized spacial score (nSPS) is 11.9. The summed E-state index contributed by atoms with van der Waals surface area (Å²) in [7, 11) is 0. The van der Waals surface area contributed by atoms with Crippen LogP contribution in [0, 0.1) is 0 Å². The van der Waals surface area contributed by atoms with E-state index in [9.17, 15) is 4.79 Å². The smallest absolute Gasteiger partial charge is 0.237 e. The van der Waals surface area contributed by atoms with Gasteiger partial charge in [0, 0.05) is 32.7 Å². The highest BCUT2D eigenvalue weighted by Crippen LogP contribution is 2.26. The standard InChI is InChI=1S/C18H15ClN2OS2/c1-12(24-16-8-4-14(19)5-9-16)17(22)21-15-6-2-13(3-7-15)18-20-10-11-23-18/h2-12H,1H3,(H,21,22). The molecule has 2 aromatic carbocycles. The van der Waals surface area contributed by atoms with Crippen LogP contribution in [-0.2, 0) is 4.79 Å². The molecule has 3 aromatic rings. The maximum absolute atomic E-state index is 12.3. The molecule has 1 heterocycles. The van der Waals surface area contributed by atoms with Gasteiger partial charge in [-0.15, -0.1) is 23.1 Å². The van der Waals surface area contributed by atoms with Crippen molar-refractivity contribution < 1.29 is 4.79 Å². The van der Waals surface area contributed by atoms with E-state index in [1.807, 2.05) is 60.8 Å². The molecule has 6 heteroatoms. The van der Waals surface area contributed by atoms with Crippen LogP contribution in [0.25, 0.3) is 10.6 Å². The first kappa shape index (κ1) is 17.0. The Morgan fingerprint density at radius 1 is 1.17 bits per heavy atom. The molecule has 3 nitrogen and oxygen atoms in total. The van der Waals surface area contributed by atoms with E-state index in [0.29, 0.717) is 5.02 Å². The van der Waals surface area contributed by atoms with Crippen molar-refractivity contribution in [3.8, 4) is 10.6 Å². The lowest BCUT2D eigenvalue weighted by molar-refractivity contribution is -0.115. The quantitative estimate of drug-likeness (QED) is 0.592.